The second kappa shape index (κ2) is 6.96. The molecule has 1 aliphatic rings. The molecule has 0 aromatic heterocycles. The van der Waals surface area contributed by atoms with E-state index in [0.29, 0.717) is 12.3 Å². The van der Waals surface area contributed by atoms with Gasteiger partial charge in [-0.15, -0.1) is 11.8 Å². The third-order valence-corrected chi connectivity index (χ3v) is 5.19. The maximum absolute atomic E-state index is 12.6. The first-order chi connectivity index (χ1) is 9.93. The molecule has 0 bridgehead atoms. The van der Waals surface area contributed by atoms with Crippen LogP contribution in [0.5, 0.6) is 0 Å². The summed E-state index contributed by atoms with van der Waals surface area (Å²) in [5.41, 5.74) is 0.0949. The summed E-state index contributed by atoms with van der Waals surface area (Å²) in [6, 6.07) is 5.11. The Morgan fingerprint density at radius 3 is 2.57 bits per heavy atom. The van der Waals surface area contributed by atoms with E-state index in [-0.39, 0.29) is 11.3 Å². The van der Waals surface area contributed by atoms with Crippen LogP contribution in [0.2, 0.25) is 0 Å². The fraction of sp³-hybridized carbons (Fsp3) is 0.500. The summed E-state index contributed by atoms with van der Waals surface area (Å²) in [7, 11) is 0. The van der Waals surface area contributed by atoms with E-state index in [1.165, 1.54) is 23.9 Å². The number of alkyl halides is 3. The van der Waals surface area contributed by atoms with E-state index in [4.69, 9.17) is 0 Å². The first-order valence-electron chi connectivity index (χ1n) is 6.50. The van der Waals surface area contributed by atoms with Gasteiger partial charge in [-0.25, -0.2) is 0 Å². The van der Waals surface area contributed by atoms with Crippen molar-refractivity contribution in [3.8, 4) is 0 Å². The van der Waals surface area contributed by atoms with E-state index in [1.807, 2.05) is 6.26 Å². The lowest BCUT2D eigenvalue weighted by Crippen LogP contribution is -2.29. The normalized spacial score (nSPS) is 19.3. The Hall–Kier alpha value is -0.820. The summed E-state index contributed by atoms with van der Waals surface area (Å²) in [5, 5.41) is -0.165. The van der Waals surface area contributed by atoms with Crippen LogP contribution in [0.3, 0.4) is 0 Å². The van der Waals surface area contributed by atoms with Crippen LogP contribution in [0, 0.1) is 0 Å². The first-order valence-corrected chi connectivity index (χ1v) is 8.95. The lowest BCUT2D eigenvalue weighted by molar-refractivity contribution is -0.137. The fourth-order valence-electron chi connectivity index (χ4n) is 2.19. The van der Waals surface area contributed by atoms with E-state index in [9.17, 15) is 18.0 Å². The third-order valence-electron chi connectivity index (χ3n) is 3.24. The predicted molar refractivity (Wildman–Crippen MR) is 81.4 cm³/mol. The van der Waals surface area contributed by atoms with Gasteiger partial charge in [0.05, 0.1) is 11.3 Å². The zero-order chi connectivity index (χ0) is 15.5. The number of benzene rings is 1. The van der Waals surface area contributed by atoms with Gasteiger partial charge in [0.2, 0.25) is 5.91 Å². The van der Waals surface area contributed by atoms with Crippen molar-refractivity contribution in [2.75, 3.05) is 24.3 Å². The Balaban J connectivity index is 2.10. The van der Waals surface area contributed by atoms with Gasteiger partial charge in [-0.1, -0.05) is 12.1 Å². The molecule has 0 spiro atoms. The molecular weight excluding hydrogens is 319 g/mol. The van der Waals surface area contributed by atoms with Crippen molar-refractivity contribution in [2.45, 2.75) is 18.0 Å². The Kier molecular flexibility index (Phi) is 5.48. The SMILES string of the molecule is CSCCCN1C(=O)CSC1c1ccc(C(F)(F)F)cc1. The minimum absolute atomic E-state index is 0.0611. The highest BCUT2D eigenvalue weighted by molar-refractivity contribution is 8.00. The summed E-state index contributed by atoms with van der Waals surface area (Å²) in [4.78, 5) is 13.7. The van der Waals surface area contributed by atoms with Crippen LogP contribution in [0.15, 0.2) is 24.3 Å². The molecule has 1 aromatic carbocycles. The molecule has 1 aliphatic heterocycles. The second-order valence-electron chi connectivity index (χ2n) is 4.72. The zero-order valence-corrected chi connectivity index (χ0v) is 13.2. The molecule has 1 aromatic rings. The monoisotopic (exact) mass is 335 g/mol. The Bertz CT molecular complexity index is 490. The van der Waals surface area contributed by atoms with Crippen LogP contribution in [-0.2, 0) is 11.0 Å². The number of nitrogens with zero attached hydrogens (tertiary/aromatic N) is 1. The van der Waals surface area contributed by atoms with Crippen molar-refractivity contribution < 1.29 is 18.0 Å². The van der Waals surface area contributed by atoms with Gasteiger partial charge in [0.1, 0.15) is 5.37 Å². The summed E-state index contributed by atoms with van der Waals surface area (Å²) in [5.74, 6) is 1.42. The molecular formula is C14H16F3NOS2. The molecule has 1 atom stereocenters. The van der Waals surface area contributed by atoms with E-state index in [1.54, 1.807) is 16.7 Å². The van der Waals surface area contributed by atoms with Gasteiger partial charge in [-0.05, 0) is 36.1 Å². The maximum atomic E-state index is 12.6. The molecule has 0 aliphatic carbocycles. The molecule has 2 rings (SSSR count). The highest BCUT2D eigenvalue weighted by atomic mass is 32.2. The number of thioether (sulfide) groups is 2. The number of hydrogen-bond donors (Lipinski definition) is 0. The van der Waals surface area contributed by atoms with Gasteiger partial charge >= 0.3 is 6.18 Å². The molecule has 1 unspecified atom stereocenters. The van der Waals surface area contributed by atoms with Crippen LogP contribution in [0.25, 0.3) is 0 Å². The molecule has 2 nitrogen and oxygen atoms in total. The quantitative estimate of drug-likeness (QED) is 0.758. The standard InChI is InChI=1S/C14H16F3NOS2/c1-20-8-2-7-18-12(19)9-21-13(18)10-3-5-11(6-4-10)14(15,16)17/h3-6,13H,2,7-9H2,1H3. The van der Waals surface area contributed by atoms with Gasteiger partial charge < -0.3 is 4.90 Å². The van der Waals surface area contributed by atoms with E-state index in [2.05, 4.69) is 0 Å². The predicted octanol–water partition coefficient (Wildman–Crippen LogP) is 4.03. The number of amides is 1. The Morgan fingerprint density at radius 2 is 2.00 bits per heavy atom. The van der Waals surface area contributed by atoms with Crippen molar-refractivity contribution in [3.05, 3.63) is 35.4 Å². The van der Waals surface area contributed by atoms with Crippen LogP contribution in [0.1, 0.15) is 22.9 Å². The van der Waals surface area contributed by atoms with Gasteiger partial charge in [-0.3, -0.25) is 4.79 Å². The van der Waals surface area contributed by atoms with Gasteiger partial charge in [0.25, 0.3) is 0 Å². The van der Waals surface area contributed by atoms with Crippen molar-refractivity contribution in [3.63, 3.8) is 0 Å². The second-order valence-corrected chi connectivity index (χ2v) is 6.77. The average Bonchev–Trinajstić information content (AvgIpc) is 2.80. The summed E-state index contributed by atoms with van der Waals surface area (Å²) in [6.07, 6.45) is -1.42. The molecule has 1 fully saturated rings. The molecule has 116 valence electrons. The first kappa shape index (κ1) is 16.5. The minimum Gasteiger partial charge on any atom is -0.326 e. The molecule has 21 heavy (non-hydrogen) atoms. The maximum Gasteiger partial charge on any atom is 0.416 e. The van der Waals surface area contributed by atoms with E-state index < -0.39 is 11.7 Å². The largest absolute Gasteiger partial charge is 0.416 e. The van der Waals surface area contributed by atoms with Crippen molar-refractivity contribution in [1.29, 1.82) is 0 Å². The van der Waals surface area contributed by atoms with E-state index >= 15 is 0 Å². The van der Waals surface area contributed by atoms with Gasteiger partial charge in [-0.2, -0.15) is 24.9 Å². The van der Waals surface area contributed by atoms with Gasteiger partial charge in [0, 0.05) is 6.54 Å². The number of rotatable bonds is 5. The highest BCUT2D eigenvalue weighted by Crippen LogP contribution is 2.39. The molecule has 1 amide bonds. The highest BCUT2D eigenvalue weighted by Gasteiger charge is 2.34. The summed E-state index contributed by atoms with van der Waals surface area (Å²) >= 11 is 3.19. The third kappa shape index (κ3) is 4.10. The number of halogens is 3. The topological polar surface area (TPSA) is 20.3 Å². The van der Waals surface area contributed by atoms with Crippen LogP contribution < -0.4 is 0 Å². The Labute approximate surface area is 130 Å². The Morgan fingerprint density at radius 1 is 1.33 bits per heavy atom. The number of carbonyl (C=O) groups excluding carboxylic acids is 1. The molecule has 1 saturated heterocycles. The van der Waals surface area contributed by atoms with Crippen LogP contribution in [-0.4, -0.2) is 35.1 Å². The lowest BCUT2D eigenvalue weighted by Gasteiger charge is -2.24. The summed E-state index contributed by atoms with van der Waals surface area (Å²) in [6.45, 7) is 0.651. The fourth-order valence-corrected chi connectivity index (χ4v) is 3.82. The molecule has 7 heteroatoms. The van der Waals surface area contributed by atoms with Gasteiger partial charge in [0.15, 0.2) is 0 Å². The molecule has 1 heterocycles. The average molecular weight is 335 g/mol. The zero-order valence-electron chi connectivity index (χ0n) is 11.5. The van der Waals surface area contributed by atoms with E-state index in [0.717, 1.165) is 29.9 Å². The molecule has 0 saturated carbocycles. The lowest BCUT2D eigenvalue weighted by atomic mass is 10.1. The van der Waals surface area contributed by atoms with Crippen molar-refractivity contribution in [2.24, 2.45) is 0 Å². The van der Waals surface area contributed by atoms with Crippen molar-refractivity contribution >= 4 is 29.4 Å². The summed E-state index contributed by atoms with van der Waals surface area (Å²) < 4.78 is 37.7. The number of hydrogen-bond acceptors (Lipinski definition) is 3. The van der Waals surface area contributed by atoms with Crippen molar-refractivity contribution in [1.82, 2.24) is 4.90 Å². The minimum atomic E-state index is -4.32. The molecule has 0 radical (unpaired) electrons. The number of carbonyl (C=O) groups is 1. The van der Waals surface area contributed by atoms with Crippen LogP contribution >= 0.6 is 23.5 Å². The van der Waals surface area contributed by atoms with Crippen LogP contribution in [0.4, 0.5) is 13.2 Å². The smallest absolute Gasteiger partial charge is 0.326 e. The molecule has 0 N–H and O–H groups in total.